The van der Waals surface area contributed by atoms with Crippen molar-refractivity contribution in [2.24, 2.45) is 0 Å². The first kappa shape index (κ1) is 12.6. The number of halogens is 1. The fourth-order valence-corrected chi connectivity index (χ4v) is 1.40. The molecule has 0 amide bonds. The first-order valence-electron chi connectivity index (χ1n) is 5.10. The molecule has 0 aromatic carbocycles. The Kier molecular flexibility index (Phi) is 5.76. The first-order valence-corrected chi connectivity index (χ1v) is 5.63. The van der Waals surface area contributed by atoms with E-state index in [-0.39, 0.29) is 0 Å². The molecule has 0 bridgehead atoms. The van der Waals surface area contributed by atoms with Crippen molar-refractivity contribution < 1.29 is 9.15 Å². The molecule has 1 heterocycles. The van der Waals surface area contributed by atoms with Crippen LogP contribution >= 0.6 is 11.6 Å². The summed E-state index contributed by atoms with van der Waals surface area (Å²) in [5.74, 6) is 2.50. The number of rotatable bonds is 7. The molecule has 0 N–H and O–H groups in total. The molecule has 0 aliphatic rings. The van der Waals surface area contributed by atoms with Gasteiger partial charge in [-0.1, -0.05) is 0 Å². The summed E-state index contributed by atoms with van der Waals surface area (Å²) in [7, 11) is 2.04. The van der Waals surface area contributed by atoms with E-state index in [2.05, 4.69) is 4.90 Å². The number of furan rings is 1. The molecule has 3 nitrogen and oxygen atoms in total. The molecule has 1 aromatic heterocycles. The predicted molar refractivity (Wildman–Crippen MR) is 61.3 cm³/mol. The number of ether oxygens (including phenoxy) is 1. The largest absolute Gasteiger partial charge is 0.465 e. The third kappa shape index (κ3) is 5.21. The molecule has 0 saturated carbocycles. The SMILES string of the molecule is Cc1ccc(CN(C)CCOCCCl)o1. The number of nitrogens with zero attached hydrogens (tertiary/aromatic N) is 1. The second-order valence-corrected chi connectivity index (χ2v) is 3.93. The van der Waals surface area contributed by atoms with E-state index in [1.807, 2.05) is 26.1 Å². The van der Waals surface area contributed by atoms with Crippen molar-refractivity contribution in [3.63, 3.8) is 0 Å². The van der Waals surface area contributed by atoms with Gasteiger partial charge in [0.15, 0.2) is 0 Å². The minimum atomic E-state index is 0.557. The van der Waals surface area contributed by atoms with Crippen LogP contribution in [0.3, 0.4) is 0 Å². The van der Waals surface area contributed by atoms with Gasteiger partial charge in [-0.2, -0.15) is 0 Å². The Morgan fingerprint density at radius 3 is 2.80 bits per heavy atom. The van der Waals surface area contributed by atoms with Gasteiger partial charge in [0.05, 0.1) is 19.8 Å². The zero-order valence-electron chi connectivity index (χ0n) is 9.33. The fourth-order valence-electron chi connectivity index (χ4n) is 1.29. The summed E-state index contributed by atoms with van der Waals surface area (Å²) in [6.45, 7) is 4.99. The van der Waals surface area contributed by atoms with Crippen molar-refractivity contribution in [1.29, 1.82) is 0 Å². The molecule has 0 aliphatic carbocycles. The highest BCUT2D eigenvalue weighted by molar-refractivity contribution is 6.17. The second-order valence-electron chi connectivity index (χ2n) is 3.55. The Labute approximate surface area is 96.0 Å². The van der Waals surface area contributed by atoms with Crippen molar-refractivity contribution in [2.75, 3.05) is 32.7 Å². The maximum absolute atomic E-state index is 5.50. The maximum atomic E-state index is 5.50. The Hall–Kier alpha value is -0.510. The van der Waals surface area contributed by atoms with Gasteiger partial charge in [-0.3, -0.25) is 4.90 Å². The summed E-state index contributed by atoms with van der Waals surface area (Å²) in [5.41, 5.74) is 0. The molecular formula is C11H18ClNO2. The van der Waals surface area contributed by atoms with E-state index in [1.54, 1.807) is 0 Å². The Balaban J connectivity index is 2.15. The van der Waals surface area contributed by atoms with Crippen molar-refractivity contribution in [1.82, 2.24) is 4.90 Å². The van der Waals surface area contributed by atoms with E-state index in [9.17, 15) is 0 Å². The number of aryl methyl sites for hydroxylation is 1. The van der Waals surface area contributed by atoms with Crippen molar-refractivity contribution >= 4 is 11.6 Å². The summed E-state index contributed by atoms with van der Waals surface area (Å²) in [5, 5.41) is 0. The Bertz CT molecular complexity index is 275. The molecule has 86 valence electrons. The molecule has 0 spiro atoms. The fraction of sp³-hybridized carbons (Fsp3) is 0.636. The summed E-state index contributed by atoms with van der Waals surface area (Å²) in [4.78, 5) is 2.16. The average Bonchev–Trinajstić information content (AvgIpc) is 2.59. The van der Waals surface area contributed by atoms with E-state index in [0.29, 0.717) is 19.1 Å². The van der Waals surface area contributed by atoms with Gasteiger partial charge in [0.2, 0.25) is 0 Å². The van der Waals surface area contributed by atoms with E-state index in [4.69, 9.17) is 20.8 Å². The van der Waals surface area contributed by atoms with Crippen molar-refractivity contribution in [2.45, 2.75) is 13.5 Å². The highest BCUT2D eigenvalue weighted by Gasteiger charge is 2.03. The molecule has 0 fully saturated rings. The van der Waals surface area contributed by atoms with E-state index in [0.717, 1.165) is 24.6 Å². The van der Waals surface area contributed by atoms with Gasteiger partial charge in [0.1, 0.15) is 11.5 Å². The normalized spacial score (nSPS) is 11.2. The highest BCUT2D eigenvalue weighted by atomic mass is 35.5. The molecule has 1 aromatic rings. The standard InChI is InChI=1S/C11H18ClNO2/c1-10-3-4-11(15-10)9-13(2)6-8-14-7-5-12/h3-4H,5-9H2,1-2H3. The molecule has 0 atom stereocenters. The molecular weight excluding hydrogens is 214 g/mol. The minimum Gasteiger partial charge on any atom is -0.465 e. The zero-order valence-corrected chi connectivity index (χ0v) is 10.1. The number of alkyl halides is 1. The lowest BCUT2D eigenvalue weighted by Gasteiger charge is -2.14. The minimum absolute atomic E-state index is 0.557. The molecule has 0 aliphatic heterocycles. The van der Waals surface area contributed by atoms with Crippen LogP contribution < -0.4 is 0 Å². The van der Waals surface area contributed by atoms with Crippen LogP contribution in [0.5, 0.6) is 0 Å². The number of likely N-dealkylation sites (N-methyl/N-ethyl adjacent to an activating group) is 1. The lowest BCUT2D eigenvalue weighted by Crippen LogP contribution is -2.22. The Morgan fingerprint density at radius 2 is 2.20 bits per heavy atom. The first-order chi connectivity index (χ1) is 7.22. The van der Waals surface area contributed by atoms with Crippen LogP contribution in [0.4, 0.5) is 0 Å². The highest BCUT2D eigenvalue weighted by Crippen LogP contribution is 2.08. The van der Waals surface area contributed by atoms with Gasteiger partial charge in [-0.05, 0) is 26.1 Å². The van der Waals surface area contributed by atoms with Crippen molar-refractivity contribution in [3.8, 4) is 0 Å². The van der Waals surface area contributed by atoms with Gasteiger partial charge in [0, 0.05) is 12.4 Å². The van der Waals surface area contributed by atoms with E-state index in [1.165, 1.54) is 0 Å². The third-order valence-electron chi connectivity index (χ3n) is 2.06. The van der Waals surface area contributed by atoms with Gasteiger partial charge < -0.3 is 9.15 Å². The van der Waals surface area contributed by atoms with Crippen LogP contribution in [0.15, 0.2) is 16.5 Å². The van der Waals surface area contributed by atoms with Crippen LogP contribution in [0.1, 0.15) is 11.5 Å². The summed E-state index contributed by atoms with van der Waals surface area (Å²) < 4.78 is 10.8. The Morgan fingerprint density at radius 1 is 1.40 bits per heavy atom. The van der Waals surface area contributed by atoms with Crippen LogP contribution in [0, 0.1) is 6.92 Å². The molecule has 0 saturated heterocycles. The molecule has 4 heteroatoms. The topological polar surface area (TPSA) is 25.6 Å². The van der Waals surface area contributed by atoms with Crippen LogP contribution in [-0.2, 0) is 11.3 Å². The van der Waals surface area contributed by atoms with Gasteiger partial charge >= 0.3 is 0 Å². The summed E-state index contributed by atoms with van der Waals surface area (Å²) >= 11 is 5.50. The van der Waals surface area contributed by atoms with E-state index < -0.39 is 0 Å². The van der Waals surface area contributed by atoms with Gasteiger partial charge in [-0.25, -0.2) is 0 Å². The third-order valence-corrected chi connectivity index (χ3v) is 2.21. The van der Waals surface area contributed by atoms with E-state index >= 15 is 0 Å². The summed E-state index contributed by atoms with van der Waals surface area (Å²) in [6.07, 6.45) is 0. The van der Waals surface area contributed by atoms with Crippen LogP contribution in [0.25, 0.3) is 0 Å². The zero-order chi connectivity index (χ0) is 11.1. The van der Waals surface area contributed by atoms with Crippen LogP contribution in [-0.4, -0.2) is 37.6 Å². The number of hydrogen-bond acceptors (Lipinski definition) is 3. The van der Waals surface area contributed by atoms with Crippen LogP contribution in [0.2, 0.25) is 0 Å². The second kappa shape index (κ2) is 6.88. The quantitative estimate of drug-likeness (QED) is 0.532. The summed E-state index contributed by atoms with van der Waals surface area (Å²) in [6, 6.07) is 3.98. The molecule has 0 unspecified atom stereocenters. The smallest absolute Gasteiger partial charge is 0.118 e. The van der Waals surface area contributed by atoms with Gasteiger partial charge in [-0.15, -0.1) is 11.6 Å². The number of hydrogen-bond donors (Lipinski definition) is 0. The van der Waals surface area contributed by atoms with Gasteiger partial charge in [0.25, 0.3) is 0 Å². The molecule has 1 rings (SSSR count). The molecule has 0 radical (unpaired) electrons. The maximum Gasteiger partial charge on any atom is 0.118 e. The predicted octanol–water partition coefficient (Wildman–Crippen LogP) is 2.28. The average molecular weight is 232 g/mol. The monoisotopic (exact) mass is 231 g/mol. The van der Waals surface area contributed by atoms with Crippen molar-refractivity contribution in [3.05, 3.63) is 23.7 Å². The lowest BCUT2D eigenvalue weighted by atomic mass is 10.4. The lowest BCUT2D eigenvalue weighted by molar-refractivity contribution is 0.119. The molecule has 15 heavy (non-hydrogen) atoms.